The molecule has 21 heavy (non-hydrogen) atoms. The Morgan fingerprint density at radius 3 is 2.62 bits per heavy atom. The summed E-state index contributed by atoms with van der Waals surface area (Å²) in [4.78, 5) is 4.56. The van der Waals surface area contributed by atoms with Crippen LogP contribution in [0.5, 0.6) is 0 Å². The summed E-state index contributed by atoms with van der Waals surface area (Å²) in [5.74, 6) is 1.66. The van der Waals surface area contributed by atoms with Gasteiger partial charge in [-0.1, -0.05) is 51.1 Å². The second-order valence-corrected chi connectivity index (χ2v) is 5.60. The molecular formula is C18H27N3. The third kappa shape index (κ3) is 4.18. The van der Waals surface area contributed by atoms with Crippen LogP contribution >= 0.6 is 0 Å². The largest absolute Gasteiger partial charge is 0.335 e. The number of imidazole rings is 1. The molecule has 2 rings (SSSR count). The highest BCUT2D eigenvalue weighted by atomic mass is 15.1. The summed E-state index contributed by atoms with van der Waals surface area (Å²) in [7, 11) is 0. The zero-order chi connectivity index (χ0) is 15.1. The van der Waals surface area contributed by atoms with Gasteiger partial charge in [-0.05, 0) is 24.4 Å². The Hall–Kier alpha value is -1.61. The fourth-order valence-corrected chi connectivity index (χ4v) is 2.85. The predicted octanol–water partition coefficient (Wildman–Crippen LogP) is 3.62. The van der Waals surface area contributed by atoms with Crippen molar-refractivity contribution in [1.29, 1.82) is 0 Å². The molecule has 2 aromatic rings. The number of aromatic nitrogens is 2. The Kier molecular flexibility index (Phi) is 6.00. The van der Waals surface area contributed by atoms with Crippen molar-refractivity contribution in [3.8, 4) is 0 Å². The van der Waals surface area contributed by atoms with Gasteiger partial charge in [-0.25, -0.2) is 4.98 Å². The fourth-order valence-electron chi connectivity index (χ4n) is 2.85. The predicted molar refractivity (Wildman–Crippen MR) is 88.5 cm³/mol. The average molecular weight is 285 g/mol. The van der Waals surface area contributed by atoms with E-state index in [1.54, 1.807) is 0 Å². The number of likely N-dealkylation sites (N-methyl/N-ethyl adjacent to an activating group) is 1. The van der Waals surface area contributed by atoms with E-state index in [0.717, 1.165) is 25.9 Å². The highest BCUT2D eigenvalue weighted by Crippen LogP contribution is 2.21. The lowest BCUT2D eigenvalue weighted by molar-refractivity contribution is 0.441. The SMILES string of the molecule is CCCn1ccnc1CC(NCC)C(C)c1ccccc1. The summed E-state index contributed by atoms with van der Waals surface area (Å²) in [6.07, 6.45) is 6.12. The highest BCUT2D eigenvalue weighted by molar-refractivity contribution is 5.21. The molecule has 0 saturated heterocycles. The Bertz CT molecular complexity index is 518. The van der Waals surface area contributed by atoms with Gasteiger partial charge in [0.25, 0.3) is 0 Å². The number of aryl methyl sites for hydroxylation is 1. The first-order valence-electron chi connectivity index (χ1n) is 8.04. The Morgan fingerprint density at radius 2 is 1.95 bits per heavy atom. The highest BCUT2D eigenvalue weighted by Gasteiger charge is 2.20. The molecule has 1 heterocycles. The molecule has 0 saturated carbocycles. The van der Waals surface area contributed by atoms with Crippen LogP contribution in [-0.2, 0) is 13.0 Å². The molecule has 0 fully saturated rings. The van der Waals surface area contributed by atoms with Crippen molar-refractivity contribution in [2.24, 2.45) is 0 Å². The van der Waals surface area contributed by atoms with Gasteiger partial charge in [0, 0.05) is 31.4 Å². The van der Waals surface area contributed by atoms with Crippen molar-refractivity contribution >= 4 is 0 Å². The number of nitrogens with one attached hydrogen (secondary N) is 1. The minimum absolute atomic E-state index is 0.412. The van der Waals surface area contributed by atoms with Crippen molar-refractivity contribution < 1.29 is 0 Å². The third-order valence-corrected chi connectivity index (χ3v) is 4.06. The maximum Gasteiger partial charge on any atom is 0.110 e. The smallest absolute Gasteiger partial charge is 0.110 e. The van der Waals surface area contributed by atoms with E-state index >= 15 is 0 Å². The van der Waals surface area contributed by atoms with Gasteiger partial charge in [0.05, 0.1) is 0 Å². The van der Waals surface area contributed by atoms with Gasteiger partial charge in [-0.3, -0.25) is 0 Å². The molecular weight excluding hydrogens is 258 g/mol. The quantitative estimate of drug-likeness (QED) is 0.803. The molecule has 1 N–H and O–H groups in total. The Balaban J connectivity index is 2.13. The van der Waals surface area contributed by atoms with Crippen molar-refractivity contribution in [3.05, 3.63) is 54.1 Å². The summed E-state index contributed by atoms with van der Waals surface area (Å²) in [6, 6.07) is 11.2. The monoisotopic (exact) mass is 285 g/mol. The van der Waals surface area contributed by atoms with Gasteiger partial charge >= 0.3 is 0 Å². The summed E-state index contributed by atoms with van der Waals surface area (Å²) < 4.78 is 2.28. The molecule has 0 aliphatic carbocycles. The first-order chi connectivity index (χ1) is 10.3. The summed E-state index contributed by atoms with van der Waals surface area (Å²) in [6.45, 7) is 8.71. The molecule has 3 heteroatoms. The van der Waals surface area contributed by atoms with E-state index in [1.165, 1.54) is 11.4 Å². The van der Waals surface area contributed by atoms with Gasteiger partial charge in [-0.15, -0.1) is 0 Å². The van der Waals surface area contributed by atoms with E-state index in [-0.39, 0.29) is 0 Å². The van der Waals surface area contributed by atoms with E-state index in [9.17, 15) is 0 Å². The van der Waals surface area contributed by atoms with Gasteiger partial charge in [0.15, 0.2) is 0 Å². The summed E-state index contributed by atoms with van der Waals surface area (Å²) in [5, 5.41) is 3.64. The molecule has 0 bridgehead atoms. The zero-order valence-electron chi connectivity index (χ0n) is 13.4. The van der Waals surface area contributed by atoms with Crippen LogP contribution in [0.2, 0.25) is 0 Å². The van der Waals surface area contributed by atoms with Gasteiger partial charge in [-0.2, -0.15) is 0 Å². The van der Waals surface area contributed by atoms with Crippen LogP contribution in [0.15, 0.2) is 42.7 Å². The lowest BCUT2D eigenvalue weighted by Crippen LogP contribution is -2.36. The third-order valence-electron chi connectivity index (χ3n) is 4.06. The van der Waals surface area contributed by atoms with Crippen LogP contribution in [0.3, 0.4) is 0 Å². The van der Waals surface area contributed by atoms with Crippen molar-refractivity contribution in [2.75, 3.05) is 6.54 Å². The molecule has 3 nitrogen and oxygen atoms in total. The fraction of sp³-hybridized carbons (Fsp3) is 0.500. The maximum atomic E-state index is 4.56. The normalized spacial score (nSPS) is 14.0. The minimum atomic E-state index is 0.412. The molecule has 2 atom stereocenters. The van der Waals surface area contributed by atoms with Crippen molar-refractivity contribution in [3.63, 3.8) is 0 Å². The second-order valence-electron chi connectivity index (χ2n) is 5.60. The lowest BCUT2D eigenvalue weighted by atomic mass is 9.91. The van der Waals surface area contributed by atoms with Crippen LogP contribution in [-0.4, -0.2) is 22.1 Å². The number of benzene rings is 1. The van der Waals surface area contributed by atoms with Gasteiger partial charge in [0.2, 0.25) is 0 Å². The molecule has 114 valence electrons. The van der Waals surface area contributed by atoms with Crippen LogP contribution in [0.25, 0.3) is 0 Å². The van der Waals surface area contributed by atoms with E-state index in [4.69, 9.17) is 0 Å². The number of hydrogen-bond acceptors (Lipinski definition) is 2. The molecule has 2 unspecified atom stereocenters. The molecule has 0 radical (unpaired) electrons. The molecule has 0 spiro atoms. The van der Waals surface area contributed by atoms with E-state index in [1.807, 2.05) is 6.20 Å². The molecule has 1 aromatic heterocycles. The molecule has 0 aliphatic rings. The second kappa shape index (κ2) is 7.99. The Morgan fingerprint density at radius 1 is 1.19 bits per heavy atom. The van der Waals surface area contributed by atoms with Crippen LogP contribution in [0.4, 0.5) is 0 Å². The van der Waals surface area contributed by atoms with Crippen LogP contribution < -0.4 is 5.32 Å². The number of rotatable bonds is 8. The van der Waals surface area contributed by atoms with E-state index in [2.05, 4.69) is 72.2 Å². The van der Waals surface area contributed by atoms with Gasteiger partial charge < -0.3 is 9.88 Å². The van der Waals surface area contributed by atoms with Crippen LogP contribution in [0, 0.1) is 0 Å². The summed E-state index contributed by atoms with van der Waals surface area (Å²) in [5.41, 5.74) is 1.39. The first-order valence-corrected chi connectivity index (χ1v) is 8.04. The number of hydrogen-bond donors (Lipinski definition) is 1. The molecule has 1 aromatic carbocycles. The first kappa shape index (κ1) is 15.8. The van der Waals surface area contributed by atoms with Crippen molar-refractivity contribution in [2.45, 2.75) is 52.1 Å². The van der Waals surface area contributed by atoms with Crippen LogP contribution in [0.1, 0.15) is 44.5 Å². The average Bonchev–Trinajstić information content (AvgIpc) is 2.94. The molecule has 0 amide bonds. The van der Waals surface area contributed by atoms with Gasteiger partial charge in [0.1, 0.15) is 5.82 Å². The Labute approximate surface area is 128 Å². The standard InChI is InChI=1S/C18H27N3/c1-4-12-21-13-11-20-18(21)14-17(19-5-2)15(3)16-9-7-6-8-10-16/h6-11,13,15,17,19H,4-5,12,14H2,1-3H3. The topological polar surface area (TPSA) is 29.9 Å². The minimum Gasteiger partial charge on any atom is -0.335 e. The maximum absolute atomic E-state index is 4.56. The van der Waals surface area contributed by atoms with E-state index < -0.39 is 0 Å². The van der Waals surface area contributed by atoms with Crippen molar-refractivity contribution in [1.82, 2.24) is 14.9 Å². The summed E-state index contributed by atoms with van der Waals surface area (Å²) >= 11 is 0. The van der Waals surface area contributed by atoms with E-state index in [0.29, 0.717) is 12.0 Å². The zero-order valence-corrected chi connectivity index (χ0v) is 13.4. The lowest BCUT2D eigenvalue weighted by Gasteiger charge is -2.25. The molecule has 0 aliphatic heterocycles. The number of nitrogens with zero attached hydrogens (tertiary/aromatic N) is 2.